The normalized spacial score (nSPS) is 11.6. The highest BCUT2D eigenvalue weighted by molar-refractivity contribution is 7.92. The Balaban J connectivity index is 1.83. The van der Waals surface area contributed by atoms with Crippen LogP contribution in [0.5, 0.6) is 0 Å². The van der Waals surface area contributed by atoms with E-state index in [-0.39, 0.29) is 0 Å². The average Bonchev–Trinajstić information content (AvgIpc) is 2.68. The zero-order valence-electron chi connectivity index (χ0n) is 15.7. The monoisotopic (exact) mass is 381 g/mol. The number of nitrogens with one attached hydrogen (secondary N) is 1. The largest absolute Gasteiger partial charge is 0.364 e. The molecule has 0 aliphatic carbocycles. The summed E-state index contributed by atoms with van der Waals surface area (Å²) in [6, 6.07) is 16.9. The molecular weight excluding hydrogens is 358 g/mol. The number of aryl methyl sites for hydroxylation is 1. The molecule has 0 aliphatic heterocycles. The van der Waals surface area contributed by atoms with Gasteiger partial charge in [-0.2, -0.15) is 0 Å². The van der Waals surface area contributed by atoms with Gasteiger partial charge in [-0.3, -0.25) is 4.98 Å². The molecule has 6 heteroatoms. The number of hydrogen-bond donors (Lipinski definition) is 1. The molecule has 0 unspecified atom stereocenters. The molecule has 5 nitrogen and oxygen atoms in total. The molecule has 0 aliphatic rings. The Morgan fingerprint density at radius 1 is 1.00 bits per heavy atom. The highest BCUT2D eigenvalue weighted by atomic mass is 32.2. The lowest BCUT2D eigenvalue weighted by molar-refractivity contribution is 0.587. The summed E-state index contributed by atoms with van der Waals surface area (Å²) in [4.78, 5) is 9.41. The van der Waals surface area contributed by atoms with Crippen molar-refractivity contribution in [2.24, 2.45) is 0 Å². The second kappa shape index (κ2) is 7.88. The van der Waals surface area contributed by atoms with Crippen LogP contribution in [0, 0.1) is 6.92 Å². The molecule has 27 heavy (non-hydrogen) atoms. The summed E-state index contributed by atoms with van der Waals surface area (Å²) in [6.07, 6.45) is 1.70. The van der Waals surface area contributed by atoms with E-state index in [1.54, 1.807) is 44.3 Å². The highest BCUT2D eigenvalue weighted by Gasteiger charge is 2.19. The lowest BCUT2D eigenvalue weighted by Crippen LogP contribution is -2.13. The molecule has 1 aromatic heterocycles. The third-order valence-corrected chi connectivity index (χ3v) is 6.53. The van der Waals surface area contributed by atoms with Gasteiger partial charge < -0.3 is 5.32 Å². The highest BCUT2D eigenvalue weighted by Crippen LogP contribution is 2.23. The minimum absolute atomic E-state index is 0.323. The first-order valence-corrected chi connectivity index (χ1v) is 10.4. The van der Waals surface area contributed by atoms with Crippen LogP contribution in [0.2, 0.25) is 0 Å². The van der Waals surface area contributed by atoms with Crippen LogP contribution in [0.1, 0.15) is 25.1 Å². The first kappa shape index (κ1) is 19.0. The summed E-state index contributed by atoms with van der Waals surface area (Å²) >= 11 is 0. The second-order valence-electron chi connectivity index (χ2n) is 6.65. The van der Waals surface area contributed by atoms with Crippen LogP contribution < -0.4 is 5.32 Å². The van der Waals surface area contributed by atoms with Gasteiger partial charge in [-0.1, -0.05) is 42.5 Å². The second-order valence-corrected chi connectivity index (χ2v) is 9.15. The third kappa shape index (κ3) is 4.34. The van der Waals surface area contributed by atoms with Crippen molar-refractivity contribution >= 4 is 15.7 Å². The molecule has 0 saturated heterocycles. The maximum Gasteiger partial charge on any atom is 0.180 e. The molecule has 0 fully saturated rings. The molecule has 1 N–H and O–H groups in total. The van der Waals surface area contributed by atoms with Gasteiger partial charge in [0.2, 0.25) is 0 Å². The molecule has 2 aromatic carbocycles. The standard InChI is InChI=1S/C21H23N3O2S/c1-15(2)27(25,26)19-11-9-18(10-12-19)20-14-22-16(3)21(24-20)23-13-17-7-5-4-6-8-17/h4-12,14-15H,13H2,1-3H3,(H,23,24). The molecular formula is C21H23N3O2S. The van der Waals surface area contributed by atoms with E-state index in [1.807, 2.05) is 37.3 Å². The van der Waals surface area contributed by atoms with Crippen molar-refractivity contribution < 1.29 is 8.42 Å². The lowest BCUT2D eigenvalue weighted by Gasteiger charge is -2.11. The molecule has 0 saturated carbocycles. The van der Waals surface area contributed by atoms with Gasteiger partial charge >= 0.3 is 0 Å². The number of benzene rings is 2. The lowest BCUT2D eigenvalue weighted by atomic mass is 10.1. The molecule has 0 spiro atoms. The first-order chi connectivity index (χ1) is 12.9. The molecule has 0 atom stereocenters. The fourth-order valence-corrected chi connectivity index (χ4v) is 3.68. The Morgan fingerprint density at radius 2 is 1.67 bits per heavy atom. The van der Waals surface area contributed by atoms with E-state index in [2.05, 4.69) is 15.3 Å². The zero-order valence-corrected chi connectivity index (χ0v) is 16.5. The quantitative estimate of drug-likeness (QED) is 0.691. The summed E-state index contributed by atoms with van der Waals surface area (Å²) < 4.78 is 24.5. The summed E-state index contributed by atoms with van der Waals surface area (Å²) in [5, 5.41) is 2.87. The topological polar surface area (TPSA) is 72.0 Å². The van der Waals surface area contributed by atoms with Crippen LogP contribution in [0.25, 0.3) is 11.3 Å². The molecule has 1 heterocycles. The van der Waals surface area contributed by atoms with Gasteiger partial charge in [-0.05, 0) is 38.5 Å². The van der Waals surface area contributed by atoms with Crippen molar-refractivity contribution in [1.29, 1.82) is 0 Å². The smallest absolute Gasteiger partial charge is 0.180 e. The molecule has 0 amide bonds. The summed E-state index contributed by atoms with van der Waals surface area (Å²) in [5.74, 6) is 0.718. The number of sulfone groups is 1. The maximum atomic E-state index is 12.3. The van der Waals surface area contributed by atoms with Crippen molar-refractivity contribution in [2.45, 2.75) is 37.5 Å². The van der Waals surface area contributed by atoms with Crippen LogP contribution in [-0.4, -0.2) is 23.6 Å². The van der Waals surface area contributed by atoms with Crippen LogP contribution in [0.3, 0.4) is 0 Å². The summed E-state index contributed by atoms with van der Waals surface area (Å²) in [7, 11) is -3.28. The van der Waals surface area contributed by atoms with Gasteiger partial charge in [0, 0.05) is 12.1 Å². The van der Waals surface area contributed by atoms with Gasteiger partial charge in [-0.25, -0.2) is 13.4 Å². The molecule has 3 aromatic rings. The fourth-order valence-electron chi connectivity index (χ4n) is 2.63. The van der Waals surface area contributed by atoms with Crippen LogP contribution in [0.15, 0.2) is 65.7 Å². The number of aromatic nitrogens is 2. The molecule has 3 rings (SSSR count). The van der Waals surface area contributed by atoms with Crippen LogP contribution in [-0.2, 0) is 16.4 Å². The van der Waals surface area contributed by atoms with E-state index in [0.29, 0.717) is 17.1 Å². The van der Waals surface area contributed by atoms with Gasteiger partial charge in [0.05, 0.1) is 27.7 Å². The molecule has 0 bridgehead atoms. The van der Waals surface area contributed by atoms with E-state index in [1.165, 1.54) is 0 Å². The minimum Gasteiger partial charge on any atom is -0.364 e. The van der Waals surface area contributed by atoms with Crippen molar-refractivity contribution in [3.05, 3.63) is 72.1 Å². The van der Waals surface area contributed by atoms with E-state index in [9.17, 15) is 8.42 Å². The summed E-state index contributed by atoms with van der Waals surface area (Å²) in [5.41, 5.74) is 3.50. The minimum atomic E-state index is -3.28. The summed E-state index contributed by atoms with van der Waals surface area (Å²) in [6.45, 7) is 5.92. The fraction of sp³-hybridized carbons (Fsp3) is 0.238. The van der Waals surface area contributed by atoms with Gasteiger partial charge in [0.15, 0.2) is 9.84 Å². The van der Waals surface area contributed by atoms with Gasteiger partial charge in [0.25, 0.3) is 0 Å². The Labute approximate surface area is 160 Å². The van der Waals surface area contributed by atoms with Crippen molar-refractivity contribution in [3.63, 3.8) is 0 Å². The Bertz CT molecular complexity index is 1020. The Kier molecular flexibility index (Phi) is 5.56. The van der Waals surface area contributed by atoms with Gasteiger partial charge in [0.1, 0.15) is 5.82 Å². The predicted molar refractivity (Wildman–Crippen MR) is 108 cm³/mol. The van der Waals surface area contributed by atoms with E-state index >= 15 is 0 Å². The SMILES string of the molecule is Cc1ncc(-c2ccc(S(=O)(=O)C(C)C)cc2)nc1NCc1ccccc1. The number of rotatable bonds is 6. The van der Waals surface area contributed by atoms with E-state index in [0.717, 1.165) is 22.6 Å². The predicted octanol–water partition coefficient (Wildman–Crippen LogP) is 4.25. The maximum absolute atomic E-state index is 12.3. The Morgan fingerprint density at radius 3 is 2.30 bits per heavy atom. The number of nitrogens with zero attached hydrogens (tertiary/aromatic N) is 2. The Hall–Kier alpha value is -2.73. The first-order valence-electron chi connectivity index (χ1n) is 8.83. The van der Waals surface area contributed by atoms with Crippen LogP contribution >= 0.6 is 0 Å². The zero-order chi connectivity index (χ0) is 19.4. The number of hydrogen-bond acceptors (Lipinski definition) is 5. The van der Waals surface area contributed by atoms with Crippen molar-refractivity contribution in [1.82, 2.24) is 9.97 Å². The number of anilines is 1. The van der Waals surface area contributed by atoms with E-state index in [4.69, 9.17) is 0 Å². The van der Waals surface area contributed by atoms with Gasteiger partial charge in [-0.15, -0.1) is 0 Å². The van der Waals surface area contributed by atoms with Crippen molar-refractivity contribution in [2.75, 3.05) is 5.32 Å². The third-order valence-electron chi connectivity index (χ3n) is 4.36. The van der Waals surface area contributed by atoms with Crippen molar-refractivity contribution in [3.8, 4) is 11.3 Å². The van der Waals surface area contributed by atoms with Crippen LogP contribution in [0.4, 0.5) is 5.82 Å². The average molecular weight is 382 g/mol. The molecule has 0 radical (unpaired) electrons. The van der Waals surface area contributed by atoms with E-state index < -0.39 is 15.1 Å². The molecule has 140 valence electrons.